The third-order valence-corrected chi connectivity index (χ3v) is 4.03. The van der Waals surface area contributed by atoms with Crippen LogP contribution in [0.25, 0.3) is 5.69 Å². The molecule has 0 aliphatic heterocycles. The highest BCUT2D eigenvalue weighted by Crippen LogP contribution is 2.23. The van der Waals surface area contributed by atoms with E-state index < -0.39 is 0 Å². The molecular weight excluding hydrogens is 304 g/mol. The van der Waals surface area contributed by atoms with Crippen LogP contribution < -0.4 is 10.4 Å². The van der Waals surface area contributed by atoms with Crippen molar-refractivity contribution in [3.8, 4) is 11.4 Å². The molecule has 0 fully saturated rings. The molecule has 1 N–H and O–H groups in total. The van der Waals surface area contributed by atoms with Gasteiger partial charge in [0, 0.05) is 5.56 Å². The number of hydrogen-bond donors (Lipinski definition) is 1. The van der Waals surface area contributed by atoms with Crippen molar-refractivity contribution in [2.24, 2.45) is 0 Å². The van der Waals surface area contributed by atoms with E-state index >= 15 is 0 Å². The van der Waals surface area contributed by atoms with Gasteiger partial charge in [-0.05, 0) is 54.0 Å². The van der Waals surface area contributed by atoms with Crippen molar-refractivity contribution in [3.05, 3.63) is 69.1 Å². The number of H-pyrrole nitrogens is 1. The summed E-state index contributed by atoms with van der Waals surface area (Å²) >= 11 is 0. The average Bonchev–Trinajstić information content (AvgIpc) is 2.99. The largest absolute Gasteiger partial charge is 0.489 e. The minimum atomic E-state index is -0.365. The molecule has 0 amide bonds. The van der Waals surface area contributed by atoms with Gasteiger partial charge in [0.1, 0.15) is 12.4 Å². The Kier molecular flexibility index (Phi) is 4.46. The lowest BCUT2D eigenvalue weighted by molar-refractivity contribution is 0.302. The van der Waals surface area contributed by atoms with Gasteiger partial charge >= 0.3 is 5.69 Å². The van der Waals surface area contributed by atoms with Gasteiger partial charge in [-0.25, -0.2) is 9.89 Å². The summed E-state index contributed by atoms with van der Waals surface area (Å²) in [7, 11) is 0. The Labute approximate surface area is 140 Å². The molecule has 2 aromatic carbocycles. The van der Waals surface area contributed by atoms with Crippen molar-refractivity contribution >= 4 is 0 Å². The maximum atomic E-state index is 11.9. The number of hydrogen-bond acceptors (Lipinski definition) is 4. The summed E-state index contributed by atoms with van der Waals surface area (Å²) in [5.74, 6) is 0.838. The Morgan fingerprint density at radius 2 is 2.04 bits per heavy atom. The topological polar surface area (TPSA) is 72.8 Å². The number of ether oxygens (including phenoxy) is 1. The normalized spacial score (nSPS) is 10.8. The first-order valence-electron chi connectivity index (χ1n) is 7.91. The molecule has 0 saturated heterocycles. The maximum Gasteiger partial charge on any atom is 0.365 e. The van der Waals surface area contributed by atoms with Crippen molar-refractivity contribution in [3.63, 3.8) is 0 Å². The predicted molar refractivity (Wildman–Crippen MR) is 91.6 cm³/mol. The molecule has 1 aromatic heterocycles. The first-order chi connectivity index (χ1) is 11.6. The first-order valence-corrected chi connectivity index (χ1v) is 7.91. The van der Waals surface area contributed by atoms with Crippen molar-refractivity contribution in [1.82, 2.24) is 20.2 Å². The highest BCUT2D eigenvalue weighted by molar-refractivity contribution is 5.45. The van der Waals surface area contributed by atoms with E-state index in [1.807, 2.05) is 37.3 Å². The van der Waals surface area contributed by atoms with Crippen LogP contribution in [0.2, 0.25) is 0 Å². The zero-order valence-corrected chi connectivity index (χ0v) is 14.0. The molecule has 0 spiro atoms. The Hall–Kier alpha value is -2.89. The van der Waals surface area contributed by atoms with E-state index in [1.165, 1.54) is 10.2 Å². The van der Waals surface area contributed by atoms with E-state index in [0.29, 0.717) is 12.3 Å². The summed E-state index contributed by atoms with van der Waals surface area (Å²) in [5, 5.41) is 9.75. The Balaban J connectivity index is 1.97. The molecule has 0 aliphatic carbocycles. The van der Waals surface area contributed by atoms with Crippen LogP contribution in [0, 0.1) is 13.8 Å². The summed E-state index contributed by atoms with van der Waals surface area (Å²) in [6, 6.07) is 11.9. The first kappa shape index (κ1) is 16.0. The molecule has 24 heavy (non-hydrogen) atoms. The lowest BCUT2D eigenvalue weighted by Gasteiger charge is -2.15. The molecular formula is C18H20N4O2. The summed E-state index contributed by atoms with van der Waals surface area (Å²) < 4.78 is 7.29. The van der Waals surface area contributed by atoms with Gasteiger partial charge in [0.2, 0.25) is 0 Å². The van der Waals surface area contributed by atoms with Crippen molar-refractivity contribution in [2.75, 3.05) is 0 Å². The standard InChI is InChI=1S/C18H20N4O2/c1-4-14-6-5-7-16(22-18(23)19-20-21-22)15(14)11-24-17-9-8-12(2)10-13(17)3/h5-10H,4,11H2,1-3H3,(H,19,21,23). The number of aromatic nitrogens is 4. The predicted octanol–water partition coefficient (Wildman–Crippen LogP) is 2.71. The number of aromatic amines is 1. The Morgan fingerprint density at radius 3 is 2.71 bits per heavy atom. The van der Waals surface area contributed by atoms with Gasteiger partial charge in [-0.1, -0.05) is 36.8 Å². The second kappa shape index (κ2) is 6.70. The monoisotopic (exact) mass is 324 g/mol. The van der Waals surface area contributed by atoms with E-state index in [0.717, 1.165) is 28.9 Å². The van der Waals surface area contributed by atoms with Crippen LogP contribution in [0.4, 0.5) is 0 Å². The minimum Gasteiger partial charge on any atom is -0.489 e. The van der Waals surface area contributed by atoms with Gasteiger partial charge in [-0.2, -0.15) is 4.68 Å². The average molecular weight is 324 g/mol. The quantitative estimate of drug-likeness (QED) is 0.783. The SMILES string of the molecule is CCc1cccc(-n2nn[nH]c2=O)c1COc1ccc(C)cc1C. The number of nitrogens with one attached hydrogen (secondary N) is 1. The third-order valence-electron chi connectivity index (χ3n) is 4.03. The second-order valence-electron chi connectivity index (χ2n) is 5.74. The molecule has 0 atom stereocenters. The van der Waals surface area contributed by atoms with E-state index in [4.69, 9.17) is 4.74 Å². The number of tetrazole rings is 1. The van der Waals surface area contributed by atoms with Crippen LogP contribution in [-0.2, 0) is 13.0 Å². The van der Waals surface area contributed by atoms with Crippen LogP contribution in [0.3, 0.4) is 0 Å². The molecule has 124 valence electrons. The summed E-state index contributed by atoms with van der Waals surface area (Å²) in [6.45, 7) is 6.52. The smallest absolute Gasteiger partial charge is 0.365 e. The molecule has 0 unspecified atom stereocenters. The Bertz CT molecular complexity index is 911. The van der Waals surface area contributed by atoms with E-state index in [2.05, 4.69) is 35.4 Å². The number of benzene rings is 2. The van der Waals surface area contributed by atoms with Gasteiger partial charge in [-0.15, -0.1) is 0 Å². The zero-order chi connectivity index (χ0) is 17.1. The van der Waals surface area contributed by atoms with Crippen molar-refractivity contribution in [2.45, 2.75) is 33.8 Å². The minimum absolute atomic E-state index is 0.364. The molecule has 0 saturated carbocycles. The van der Waals surface area contributed by atoms with Crippen LogP contribution >= 0.6 is 0 Å². The highest BCUT2D eigenvalue weighted by atomic mass is 16.5. The summed E-state index contributed by atoms with van der Waals surface area (Å²) in [5.41, 5.74) is 4.67. The highest BCUT2D eigenvalue weighted by Gasteiger charge is 2.13. The van der Waals surface area contributed by atoms with Crippen LogP contribution in [-0.4, -0.2) is 20.2 Å². The van der Waals surface area contributed by atoms with Gasteiger partial charge in [0.15, 0.2) is 0 Å². The van der Waals surface area contributed by atoms with Crippen LogP contribution in [0.1, 0.15) is 29.2 Å². The third kappa shape index (κ3) is 3.08. The summed E-state index contributed by atoms with van der Waals surface area (Å²) in [6.07, 6.45) is 0.839. The molecule has 0 aliphatic rings. The lowest BCUT2D eigenvalue weighted by atomic mass is 10.0. The van der Waals surface area contributed by atoms with Gasteiger partial charge in [0.25, 0.3) is 0 Å². The van der Waals surface area contributed by atoms with Crippen molar-refractivity contribution in [1.29, 1.82) is 0 Å². The van der Waals surface area contributed by atoms with Gasteiger partial charge in [0.05, 0.1) is 5.69 Å². The van der Waals surface area contributed by atoms with Gasteiger partial charge in [-0.3, -0.25) is 0 Å². The van der Waals surface area contributed by atoms with Crippen molar-refractivity contribution < 1.29 is 4.74 Å². The zero-order valence-electron chi connectivity index (χ0n) is 14.0. The number of aryl methyl sites for hydroxylation is 3. The summed E-state index contributed by atoms with van der Waals surface area (Å²) in [4.78, 5) is 11.9. The molecule has 1 heterocycles. The molecule has 0 radical (unpaired) electrons. The van der Waals surface area contributed by atoms with E-state index in [9.17, 15) is 4.79 Å². The molecule has 6 heteroatoms. The molecule has 3 aromatic rings. The number of rotatable bonds is 5. The fourth-order valence-corrected chi connectivity index (χ4v) is 2.78. The maximum absolute atomic E-state index is 11.9. The fraction of sp³-hybridized carbons (Fsp3) is 0.278. The molecule has 3 rings (SSSR count). The van der Waals surface area contributed by atoms with Crippen LogP contribution in [0.5, 0.6) is 5.75 Å². The number of nitrogens with zero attached hydrogens (tertiary/aromatic N) is 3. The van der Waals surface area contributed by atoms with Gasteiger partial charge < -0.3 is 4.74 Å². The fourth-order valence-electron chi connectivity index (χ4n) is 2.78. The lowest BCUT2D eigenvalue weighted by Crippen LogP contribution is -2.19. The second-order valence-corrected chi connectivity index (χ2v) is 5.74. The molecule has 0 bridgehead atoms. The van der Waals surface area contributed by atoms with E-state index in [-0.39, 0.29) is 5.69 Å². The molecule has 6 nitrogen and oxygen atoms in total. The van der Waals surface area contributed by atoms with Crippen LogP contribution in [0.15, 0.2) is 41.2 Å². The Morgan fingerprint density at radius 1 is 1.21 bits per heavy atom. The van der Waals surface area contributed by atoms with E-state index in [1.54, 1.807) is 0 Å².